The smallest absolute Gasteiger partial charge is 0.126 e. The van der Waals surface area contributed by atoms with Crippen LogP contribution in [0.3, 0.4) is 0 Å². The van der Waals surface area contributed by atoms with E-state index in [0.29, 0.717) is 12.5 Å². The van der Waals surface area contributed by atoms with Crippen LogP contribution in [-0.4, -0.2) is 0 Å². The molecule has 0 unspecified atom stereocenters. The van der Waals surface area contributed by atoms with Gasteiger partial charge in [0.05, 0.1) is 0 Å². The van der Waals surface area contributed by atoms with E-state index in [1.165, 1.54) is 12.5 Å². The molecular weight excluding hydrogens is 165 g/mol. The topological polar surface area (TPSA) is 26.0 Å². The number of nitrogens with two attached hydrogens (primary N) is 1. The Balaban J connectivity index is 2.30. The Bertz CT molecular complexity index is 305. The van der Waals surface area contributed by atoms with Crippen molar-refractivity contribution in [2.75, 3.05) is 0 Å². The molecule has 1 aromatic rings. The lowest BCUT2D eigenvalue weighted by atomic mass is 9.79. The van der Waals surface area contributed by atoms with E-state index in [2.05, 4.69) is 0 Å². The molecule has 0 spiro atoms. The normalized spacial score (nSPS) is 17.1. The van der Waals surface area contributed by atoms with Crippen LogP contribution in [0.5, 0.6) is 0 Å². The third kappa shape index (κ3) is 1.59. The van der Waals surface area contributed by atoms with Crippen molar-refractivity contribution in [1.29, 1.82) is 0 Å². The van der Waals surface area contributed by atoms with E-state index in [4.69, 9.17) is 5.73 Å². The van der Waals surface area contributed by atoms with Crippen LogP contribution in [0.1, 0.15) is 36.3 Å². The molecule has 2 heteroatoms. The number of hydrogen-bond donors (Lipinski definition) is 1. The molecule has 0 amide bonds. The fraction of sp³-hybridized carbons (Fsp3) is 0.455. The summed E-state index contributed by atoms with van der Waals surface area (Å²) in [4.78, 5) is 0. The first-order valence-corrected chi connectivity index (χ1v) is 4.79. The molecule has 1 aromatic carbocycles. The van der Waals surface area contributed by atoms with Gasteiger partial charge in [0.25, 0.3) is 0 Å². The van der Waals surface area contributed by atoms with Gasteiger partial charge < -0.3 is 5.73 Å². The summed E-state index contributed by atoms with van der Waals surface area (Å²) in [6.45, 7) is 0.500. The van der Waals surface area contributed by atoms with Crippen LogP contribution in [0.4, 0.5) is 4.39 Å². The van der Waals surface area contributed by atoms with Gasteiger partial charge in [0.1, 0.15) is 5.82 Å². The van der Waals surface area contributed by atoms with Gasteiger partial charge >= 0.3 is 0 Å². The summed E-state index contributed by atoms with van der Waals surface area (Å²) in [7, 11) is 0. The zero-order valence-electron chi connectivity index (χ0n) is 7.59. The Morgan fingerprint density at radius 1 is 1.38 bits per heavy atom. The van der Waals surface area contributed by atoms with Crippen molar-refractivity contribution in [1.82, 2.24) is 0 Å². The highest BCUT2D eigenvalue weighted by molar-refractivity contribution is 5.29. The minimum atomic E-state index is -0.0677. The summed E-state index contributed by atoms with van der Waals surface area (Å²) < 4.78 is 13.3. The molecule has 2 N–H and O–H groups in total. The average Bonchev–Trinajstić information content (AvgIpc) is 2.06. The van der Waals surface area contributed by atoms with Gasteiger partial charge in [-0.25, -0.2) is 4.39 Å². The van der Waals surface area contributed by atoms with Gasteiger partial charge in [0, 0.05) is 6.54 Å². The van der Waals surface area contributed by atoms with Gasteiger partial charge in [0.15, 0.2) is 0 Å². The zero-order chi connectivity index (χ0) is 9.26. The van der Waals surface area contributed by atoms with E-state index < -0.39 is 0 Å². The Hall–Kier alpha value is -0.890. The quantitative estimate of drug-likeness (QED) is 0.741. The van der Waals surface area contributed by atoms with Gasteiger partial charge in [-0.3, -0.25) is 0 Å². The highest BCUT2D eigenvalue weighted by atomic mass is 19.1. The number of hydrogen-bond acceptors (Lipinski definition) is 1. The van der Waals surface area contributed by atoms with E-state index in [1.807, 2.05) is 6.07 Å². The van der Waals surface area contributed by atoms with Crippen molar-refractivity contribution >= 4 is 0 Å². The monoisotopic (exact) mass is 179 g/mol. The lowest BCUT2D eigenvalue weighted by Crippen LogP contribution is -2.11. The van der Waals surface area contributed by atoms with E-state index in [1.54, 1.807) is 6.07 Å². The summed E-state index contributed by atoms with van der Waals surface area (Å²) in [6.07, 6.45) is 3.49. The van der Waals surface area contributed by atoms with Gasteiger partial charge in [-0.1, -0.05) is 18.6 Å². The van der Waals surface area contributed by atoms with Crippen molar-refractivity contribution in [2.45, 2.75) is 31.7 Å². The summed E-state index contributed by atoms with van der Waals surface area (Å²) in [6, 6.07) is 5.21. The molecule has 1 fully saturated rings. The van der Waals surface area contributed by atoms with Crippen LogP contribution < -0.4 is 5.73 Å². The molecule has 1 aliphatic rings. The Kier molecular flexibility index (Phi) is 2.32. The first-order valence-electron chi connectivity index (χ1n) is 4.79. The maximum atomic E-state index is 13.3. The van der Waals surface area contributed by atoms with Crippen molar-refractivity contribution in [2.24, 2.45) is 5.73 Å². The second-order valence-corrected chi connectivity index (χ2v) is 3.69. The van der Waals surface area contributed by atoms with Crippen molar-refractivity contribution in [3.63, 3.8) is 0 Å². The van der Waals surface area contributed by atoms with E-state index in [0.717, 1.165) is 24.0 Å². The Morgan fingerprint density at radius 3 is 2.69 bits per heavy atom. The van der Waals surface area contributed by atoms with Crippen molar-refractivity contribution in [3.8, 4) is 0 Å². The minimum Gasteiger partial charge on any atom is -0.326 e. The van der Waals surface area contributed by atoms with Gasteiger partial charge in [-0.05, 0) is 36.0 Å². The van der Waals surface area contributed by atoms with Gasteiger partial charge in [-0.2, -0.15) is 0 Å². The molecular formula is C11H14FN. The lowest BCUT2D eigenvalue weighted by Gasteiger charge is -2.26. The predicted molar refractivity (Wildman–Crippen MR) is 50.9 cm³/mol. The van der Waals surface area contributed by atoms with Gasteiger partial charge in [-0.15, -0.1) is 0 Å². The fourth-order valence-corrected chi connectivity index (χ4v) is 1.75. The SMILES string of the molecule is NCc1ccc(F)c(C2CCC2)c1. The molecule has 13 heavy (non-hydrogen) atoms. The maximum Gasteiger partial charge on any atom is 0.126 e. The molecule has 2 rings (SSSR count). The molecule has 0 heterocycles. The second kappa shape index (κ2) is 3.46. The highest BCUT2D eigenvalue weighted by Gasteiger charge is 2.22. The Morgan fingerprint density at radius 2 is 2.15 bits per heavy atom. The summed E-state index contributed by atoms with van der Waals surface area (Å²) in [5, 5.41) is 0. The highest BCUT2D eigenvalue weighted by Crippen LogP contribution is 2.37. The van der Waals surface area contributed by atoms with Gasteiger partial charge in [0.2, 0.25) is 0 Å². The third-order valence-electron chi connectivity index (χ3n) is 2.84. The van der Waals surface area contributed by atoms with E-state index >= 15 is 0 Å². The second-order valence-electron chi connectivity index (χ2n) is 3.69. The van der Waals surface area contributed by atoms with Crippen LogP contribution in [-0.2, 0) is 6.54 Å². The molecule has 70 valence electrons. The van der Waals surface area contributed by atoms with Crippen molar-refractivity contribution in [3.05, 3.63) is 35.1 Å². The summed E-state index contributed by atoms with van der Waals surface area (Å²) >= 11 is 0. The van der Waals surface area contributed by atoms with Crippen molar-refractivity contribution < 1.29 is 4.39 Å². The van der Waals surface area contributed by atoms with Crippen LogP contribution in [0, 0.1) is 5.82 Å². The average molecular weight is 179 g/mol. The molecule has 1 nitrogen and oxygen atoms in total. The lowest BCUT2D eigenvalue weighted by molar-refractivity contribution is 0.404. The van der Waals surface area contributed by atoms with Crippen LogP contribution >= 0.6 is 0 Å². The first kappa shape index (κ1) is 8.70. The molecule has 1 aliphatic carbocycles. The largest absolute Gasteiger partial charge is 0.326 e. The molecule has 0 aromatic heterocycles. The summed E-state index contributed by atoms with van der Waals surface area (Å²) in [5.74, 6) is 0.383. The number of benzene rings is 1. The molecule has 1 saturated carbocycles. The van der Waals surface area contributed by atoms with Crippen LogP contribution in [0.15, 0.2) is 18.2 Å². The predicted octanol–water partition coefficient (Wildman–Crippen LogP) is 2.55. The molecule has 0 bridgehead atoms. The molecule has 0 aliphatic heterocycles. The van der Waals surface area contributed by atoms with Crippen LogP contribution in [0.2, 0.25) is 0 Å². The minimum absolute atomic E-state index is 0.0677. The number of halogens is 1. The molecule has 0 radical (unpaired) electrons. The molecule has 0 saturated heterocycles. The third-order valence-corrected chi connectivity index (χ3v) is 2.84. The molecule has 0 atom stereocenters. The first-order chi connectivity index (χ1) is 6.31. The zero-order valence-corrected chi connectivity index (χ0v) is 7.59. The number of rotatable bonds is 2. The fourth-order valence-electron chi connectivity index (χ4n) is 1.75. The standard InChI is InChI=1S/C11H14FN/c12-11-5-4-8(7-13)6-10(11)9-2-1-3-9/h4-6,9H,1-3,7,13H2. The Labute approximate surface area is 77.8 Å². The van der Waals surface area contributed by atoms with E-state index in [-0.39, 0.29) is 5.82 Å². The maximum absolute atomic E-state index is 13.3. The van der Waals surface area contributed by atoms with Crippen LogP contribution in [0.25, 0.3) is 0 Å². The summed E-state index contributed by atoms with van der Waals surface area (Å²) in [5.41, 5.74) is 7.41. The van der Waals surface area contributed by atoms with E-state index in [9.17, 15) is 4.39 Å².